The number of nitrogens with zero attached hydrogens (tertiary/aromatic N) is 1. The van der Waals surface area contributed by atoms with Crippen LogP contribution < -0.4 is 0 Å². The van der Waals surface area contributed by atoms with Crippen molar-refractivity contribution in [1.82, 2.24) is 4.90 Å². The monoisotopic (exact) mass is 251 g/mol. The normalized spacial score (nSPS) is 19.4. The van der Waals surface area contributed by atoms with Crippen LogP contribution in [0.1, 0.15) is 46.5 Å². The average molecular weight is 251 g/mol. The largest absolute Gasteiger partial charge is 0.444 e. The van der Waals surface area contributed by atoms with Crippen molar-refractivity contribution >= 4 is 11.9 Å². The molecule has 1 heterocycles. The van der Waals surface area contributed by atoms with Gasteiger partial charge in [0, 0.05) is 19.4 Å². The molecule has 1 atom stereocenters. The first kappa shape index (κ1) is 14.6. The molecule has 1 aliphatic rings. The molecule has 1 saturated heterocycles. The molecule has 0 aromatic heterocycles. The molecule has 4 heteroatoms. The number of terminal acetylenes is 1. The van der Waals surface area contributed by atoms with Crippen molar-refractivity contribution in [2.75, 3.05) is 6.54 Å². The molecule has 0 bridgehead atoms. The third kappa shape index (κ3) is 4.06. The van der Waals surface area contributed by atoms with Gasteiger partial charge in [0.25, 0.3) is 0 Å². The lowest BCUT2D eigenvalue weighted by Gasteiger charge is -2.27. The third-order valence-electron chi connectivity index (χ3n) is 2.77. The standard InChI is InChI=1S/C14H21NO3/c1-5-6-9-12(16)11-8-7-10-15(11)13(17)18-14(2,3)4/h1,11H,6-10H2,2-4H3. The Balaban J connectivity index is 2.62. The second-order valence-corrected chi connectivity index (χ2v) is 5.50. The number of hydrogen-bond donors (Lipinski definition) is 0. The van der Waals surface area contributed by atoms with E-state index >= 15 is 0 Å². The van der Waals surface area contributed by atoms with Crippen LogP contribution in [0.3, 0.4) is 0 Å². The zero-order valence-corrected chi connectivity index (χ0v) is 11.4. The summed E-state index contributed by atoms with van der Waals surface area (Å²) in [5.74, 6) is 2.49. The summed E-state index contributed by atoms with van der Waals surface area (Å²) in [6, 6.07) is -0.354. The number of rotatable bonds is 3. The molecule has 4 nitrogen and oxygen atoms in total. The van der Waals surface area contributed by atoms with Crippen LogP contribution in [0.5, 0.6) is 0 Å². The van der Waals surface area contributed by atoms with Gasteiger partial charge in [-0.25, -0.2) is 4.79 Å². The van der Waals surface area contributed by atoms with Crippen molar-refractivity contribution in [2.24, 2.45) is 0 Å². The van der Waals surface area contributed by atoms with E-state index in [1.807, 2.05) is 20.8 Å². The van der Waals surface area contributed by atoms with Gasteiger partial charge in [0.1, 0.15) is 5.60 Å². The molecule has 1 unspecified atom stereocenters. The maximum atomic E-state index is 12.0. The number of Topliss-reactive ketones (excluding diaryl/α,β-unsaturated/α-hetero) is 1. The molecule has 0 aliphatic carbocycles. The van der Waals surface area contributed by atoms with E-state index in [2.05, 4.69) is 5.92 Å². The topological polar surface area (TPSA) is 46.6 Å². The fourth-order valence-corrected chi connectivity index (χ4v) is 2.00. The first-order valence-electron chi connectivity index (χ1n) is 6.31. The fraction of sp³-hybridized carbons (Fsp3) is 0.714. The number of carbonyl (C=O) groups is 2. The SMILES string of the molecule is C#CCCC(=O)C1CCCN1C(=O)OC(C)(C)C. The number of hydrogen-bond acceptors (Lipinski definition) is 3. The van der Waals surface area contributed by atoms with Gasteiger partial charge in [-0.2, -0.15) is 0 Å². The molecule has 100 valence electrons. The van der Waals surface area contributed by atoms with Crippen molar-refractivity contribution in [3.63, 3.8) is 0 Å². The zero-order valence-electron chi connectivity index (χ0n) is 11.4. The van der Waals surface area contributed by atoms with Gasteiger partial charge in [-0.1, -0.05) is 0 Å². The summed E-state index contributed by atoms with van der Waals surface area (Å²) in [5, 5.41) is 0. The van der Waals surface area contributed by atoms with Crippen LogP contribution >= 0.6 is 0 Å². The van der Waals surface area contributed by atoms with Crippen molar-refractivity contribution < 1.29 is 14.3 Å². The van der Waals surface area contributed by atoms with Gasteiger partial charge >= 0.3 is 6.09 Å². The Morgan fingerprint density at radius 1 is 1.44 bits per heavy atom. The van der Waals surface area contributed by atoms with Crippen LogP contribution in [-0.2, 0) is 9.53 Å². The zero-order chi connectivity index (χ0) is 13.8. The summed E-state index contributed by atoms with van der Waals surface area (Å²) in [4.78, 5) is 25.4. The van der Waals surface area contributed by atoms with Crippen LogP contribution in [0, 0.1) is 12.3 Å². The summed E-state index contributed by atoms with van der Waals surface area (Å²) < 4.78 is 5.30. The summed E-state index contributed by atoms with van der Waals surface area (Å²) in [6.45, 7) is 6.03. The highest BCUT2D eigenvalue weighted by Crippen LogP contribution is 2.22. The molecule has 0 radical (unpaired) electrons. The molecule has 1 aliphatic heterocycles. The van der Waals surface area contributed by atoms with E-state index in [1.165, 1.54) is 4.90 Å². The molecule has 0 spiro atoms. The van der Waals surface area contributed by atoms with Crippen molar-refractivity contribution in [3.05, 3.63) is 0 Å². The van der Waals surface area contributed by atoms with E-state index in [-0.39, 0.29) is 11.8 Å². The molecule has 1 rings (SSSR count). The second kappa shape index (κ2) is 5.90. The van der Waals surface area contributed by atoms with Crippen molar-refractivity contribution in [2.45, 2.75) is 58.1 Å². The molecular formula is C14H21NO3. The summed E-state index contributed by atoms with van der Waals surface area (Å²) in [5.41, 5.74) is -0.536. The Morgan fingerprint density at radius 2 is 2.11 bits per heavy atom. The lowest BCUT2D eigenvalue weighted by molar-refractivity contribution is -0.123. The van der Waals surface area contributed by atoms with Gasteiger partial charge in [0.15, 0.2) is 5.78 Å². The lowest BCUT2D eigenvalue weighted by atomic mass is 10.1. The average Bonchev–Trinajstić information content (AvgIpc) is 2.72. The van der Waals surface area contributed by atoms with Gasteiger partial charge in [-0.15, -0.1) is 12.3 Å². The van der Waals surface area contributed by atoms with Crippen LogP contribution in [0.15, 0.2) is 0 Å². The Kier molecular flexibility index (Phi) is 4.77. The number of likely N-dealkylation sites (tertiary alicyclic amines) is 1. The molecule has 18 heavy (non-hydrogen) atoms. The van der Waals surface area contributed by atoms with Crippen LogP contribution in [-0.4, -0.2) is 35.0 Å². The van der Waals surface area contributed by atoms with Gasteiger partial charge in [0.05, 0.1) is 6.04 Å². The van der Waals surface area contributed by atoms with Gasteiger partial charge in [-0.3, -0.25) is 9.69 Å². The minimum Gasteiger partial charge on any atom is -0.444 e. The second-order valence-electron chi connectivity index (χ2n) is 5.50. The lowest BCUT2D eigenvalue weighted by Crippen LogP contribution is -2.43. The maximum Gasteiger partial charge on any atom is 0.410 e. The fourth-order valence-electron chi connectivity index (χ4n) is 2.00. The van der Waals surface area contributed by atoms with E-state index in [0.29, 0.717) is 25.8 Å². The third-order valence-corrected chi connectivity index (χ3v) is 2.77. The van der Waals surface area contributed by atoms with E-state index < -0.39 is 11.7 Å². The van der Waals surface area contributed by atoms with E-state index in [0.717, 1.165) is 6.42 Å². The first-order chi connectivity index (χ1) is 8.35. The van der Waals surface area contributed by atoms with Crippen LogP contribution in [0.2, 0.25) is 0 Å². The van der Waals surface area contributed by atoms with Gasteiger partial charge < -0.3 is 4.74 Å². The Labute approximate surface area is 109 Å². The number of ketones is 1. The van der Waals surface area contributed by atoms with Crippen LogP contribution in [0.4, 0.5) is 4.79 Å². The highest BCUT2D eigenvalue weighted by molar-refractivity contribution is 5.88. The molecule has 0 saturated carbocycles. The van der Waals surface area contributed by atoms with E-state index in [1.54, 1.807) is 0 Å². The number of amides is 1. The van der Waals surface area contributed by atoms with E-state index in [4.69, 9.17) is 11.2 Å². The Hall–Kier alpha value is -1.50. The molecule has 0 aromatic carbocycles. The van der Waals surface area contributed by atoms with E-state index in [9.17, 15) is 9.59 Å². The molecule has 0 aromatic rings. The highest BCUT2D eigenvalue weighted by Gasteiger charge is 2.35. The molecule has 1 fully saturated rings. The minimum absolute atomic E-state index is 0.0382. The number of ether oxygens (including phenoxy) is 1. The highest BCUT2D eigenvalue weighted by atomic mass is 16.6. The predicted octanol–water partition coefficient (Wildman–Crippen LogP) is 2.37. The summed E-state index contributed by atoms with van der Waals surface area (Å²) >= 11 is 0. The predicted molar refractivity (Wildman–Crippen MR) is 69.0 cm³/mol. The summed E-state index contributed by atoms with van der Waals surface area (Å²) in [6.07, 6.45) is 7.05. The first-order valence-corrected chi connectivity index (χ1v) is 6.31. The molecular weight excluding hydrogens is 230 g/mol. The number of carbonyl (C=O) groups excluding carboxylic acids is 2. The molecule has 1 amide bonds. The van der Waals surface area contributed by atoms with Crippen molar-refractivity contribution in [1.29, 1.82) is 0 Å². The smallest absolute Gasteiger partial charge is 0.410 e. The quantitative estimate of drug-likeness (QED) is 0.723. The van der Waals surface area contributed by atoms with Gasteiger partial charge in [-0.05, 0) is 33.6 Å². The minimum atomic E-state index is -0.536. The Bertz CT molecular complexity index is 362. The Morgan fingerprint density at radius 3 is 2.67 bits per heavy atom. The van der Waals surface area contributed by atoms with Crippen molar-refractivity contribution in [3.8, 4) is 12.3 Å². The summed E-state index contributed by atoms with van der Waals surface area (Å²) in [7, 11) is 0. The van der Waals surface area contributed by atoms with Gasteiger partial charge in [0.2, 0.25) is 0 Å². The maximum absolute atomic E-state index is 12.0. The van der Waals surface area contributed by atoms with Crippen LogP contribution in [0.25, 0.3) is 0 Å². The molecule has 0 N–H and O–H groups in total.